The molecule has 2 heterocycles. The fourth-order valence-electron chi connectivity index (χ4n) is 6.78. The van der Waals surface area contributed by atoms with Gasteiger partial charge in [-0.05, 0) is 63.7 Å². The van der Waals surface area contributed by atoms with Gasteiger partial charge in [0.1, 0.15) is 0 Å². The van der Waals surface area contributed by atoms with E-state index in [-0.39, 0.29) is 47.2 Å². The van der Waals surface area contributed by atoms with E-state index < -0.39 is 59.1 Å². The van der Waals surface area contributed by atoms with Crippen LogP contribution in [0.2, 0.25) is 10.0 Å². The van der Waals surface area contributed by atoms with Crippen LogP contribution in [0.25, 0.3) is 0 Å². The highest BCUT2D eigenvalue weighted by molar-refractivity contribution is 6.39. The van der Waals surface area contributed by atoms with Gasteiger partial charge < -0.3 is 10.0 Å². The zero-order valence-corrected chi connectivity index (χ0v) is 23.3. The largest absolute Gasteiger partial charge is 0.481 e. The molecule has 13 heteroatoms. The number of rotatable bonds is 7. The molecule has 2 bridgehead atoms. The number of nitrogens with zero attached hydrogens (tertiary/aromatic N) is 4. The summed E-state index contributed by atoms with van der Waals surface area (Å²) in [6.45, 7) is 1.10. The Balaban J connectivity index is 1.49. The summed E-state index contributed by atoms with van der Waals surface area (Å²) in [6.07, 6.45) is 2.52. The zero-order chi connectivity index (χ0) is 29.0. The van der Waals surface area contributed by atoms with E-state index in [1.54, 1.807) is 6.92 Å². The normalized spacial score (nSPS) is 28.1. The highest BCUT2D eigenvalue weighted by atomic mass is 35.5. The third kappa shape index (κ3) is 5.22. The molecule has 216 valence electrons. The Bertz CT molecular complexity index is 1320. The van der Waals surface area contributed by atoms with E-state index in [2.05, 4.69) is 10.1 Å². The van der Waals surface area contributed by atoms with Crippen molar-refractivity contribution in [2.45, 2.75) is 76.6 Å². The first-order valence-corrected chi connectivity index (χ1v) is 14.1. The Hall–Kier alpha value is -2.66. The molecule has 3 saturated carbocycles. The number of aromatic nitrogens is 3. The number of pyridine rings is 1. The molecule has 0 unspecified atom stereocenters. The second-order valence-corrected chi connectivity index (χ2v) is 12.3. The van der Waals surface area contributed by atoms with Crippen molar-refractivity contribution in [3.05, 3.63) is 45.5 Å². The Morgan fingerprint density at radius 1 is 1.07 bits per heavy atom. The summed E-state index contributed by atoms with van der Waals surface area (Å²) >= 11 is 12.3. The van der Waals surface area contributed by atoms with Crippen LogP contribution in [-0.2, 0) is 11.0 Å². The lowest BCUT2D eigenvalue weighted by Gasteiger charge is -2.35. The van der Waals surface area contributed by atoms with Crippen LogP contribution in [0.4, 0.5) is 13.2 Å². The van der Waals surface area contributed by atoms with E-state index in [4.69, 9.17) is 23.2 Å². The number of carbonyl (C=O) groups excluding carboxylic acids is 2. The third-order valence-corrected chi connectivity index (χ3v) is 9.60. The van der Waals surface area contributed by atoms with Crippen LogP contribution in [-0.4, -0.2) is 55.0 Å². The molecule has 3 aliphatic carbocycles. The Kier molecular flexibility index (Phi) is 7.67. The maximum absolute atomic E-state index is 14.5. The molecule has 0 spiro atoms. The number of alkyl halides is 3. The summed E-state index contributed by atoms with van der Waals surface area (Å²) in [4.78, 5) is 44.0. The van der Waals surface area contributed by atoms with Crippen molar-refractivity contribution in [2.75, 3.05) is 6.54 Å². The van der Waals surface area contributed by atoms with Crippen molar-refractivity contribution in [3.63, 3.8) is 0 Å². The summed E-state index contributed by atoms with van der Waals surface area (Å²) in [5.74, 6) is -2.06. The van der Waals surface area contributed by atoms with Crippen LogP contribution in [0, 0.1) is 17.3 Å². The molecule has 40 heavy (non-hydrogen) atoms. The first-order chi connectivity index (χ1) is 18.8. The lowest BCUT2D eigenvalue weighted by Crippen LogP contribution is -2.46. The molecule has 3 atom stereocenters. The van der Waals surface area contributed by atoms with Gasteiger partial charge in [0, 0.05) is 18.4 Å². The minimum Gasteiger partial charge on any atom is -0.481 e. The molecule has 0 aliphatic heterocycles. The van der Waals surface area contributed by atoms with E-state index in [1.165, 1.54) is 17.3 Å². The maximum Gasteiger partial charge on any atom is 0.433 e. The summed E-state index contributed by atoms with van der Waals surface area (Å²) in [5, 5.41) is 13.5. The molecule has 8 nitrogen and oxygen atoms in total. The third-order valence-electron chi connectivity index (χ3n) is 9.02. The van der Waals surface area contributed by atoms with Crippen LogP contribution in [0.15, 0.2) is 18.6 Å². The smallest absolute Gasteiger partial charge is 0.433 e. The number of carboxylic acid groups (broad SMARTS) is 1. The van der Waals surface area contributed by atoms with Gasteiger partial charge in [0.2, 0.25) is 0 Å². The average molecular weight is 601 g/mol. The standard InChI is InChI=1S/C27H29Cl2F3N4O4/c1-26(25(39)40)6-4-16(5-7-26)36-23(27(30,31)32)17(10-34-36)24(38)35(20-9-14-2-3-15(20)8-14)13-21(37)22-18(28)11-33-12-19(22)29/h10-12,14-16,20H,2-9,13H2,1H3,(H,39,40)/t14-,15+,16?,20+,26?/m1/s1. The monoisotopic (exact) mass is 600 g/mol. The number of carbonyl (C=O) groups is 3. The first kappa shape index (κ1) is 28.9. The topological polar surface area (TPSA) is 105 Å². The van der Waals surface area contributed by atoms with Crippen LogP contribution < -0.4 is 0 Å². The van der Waals surface area contributed by atoms with Gasteiger partial charge in [-0.1, -0.05) is 29.6 Å². The van der Waals surface area contributed by atoms with Gasteiger partial charge in [0.05, 0.1) is 45.4 Å². The van der Waals surface area contributed by atoms with Gasteiger partial charge in [-0.25, -0.2) is 0 Å². The second-order valence-electron chi connectivity index (χ2n) is 11.5. The minimum atomic E-state index is -4.91. The quantitative estimate of drug-likeness (QED) is 0.373. The number of carboxylic acids is 1. The number of Topliss-reactive ketones (excluding diaryl/α,β-unsaturated/α-hetero) is 1. The van der Waals surface area contributed by atoms with Crippen LogP contribution in [0.5, 0.6) is 0 Å². The molecule has 2 aromatic heterocycles. The van der Waals surface area contributed by atoms with Gasteiger partial charge >= 0.3 is 12.1 Å². The van der Waals surface area contributed by atoms with Crippen molar-refractivity contribution >= 4 is 40.9 Å². The van der Waals surface area contributed by atoms with E-state index in [1.807, 2.05) is 0 Å². The predicted octanol–water partition coefficient (Wildman–Crippen LogP) is 6.32. The summed E-state index contributed by atoms with van der Waals surface area (Å²) < 4.78 is 44.4. The fraction of sp³-hybridized carbons (Fsp3) is 0.593. The van der Waals surface area contributed by atoms with Gasteiger partial charge in [-0.2, -0.15) is 18.3 Å². The SMILES string of the molecule is CC1(C(=O)O)CCC(n2ncc(C(=O)N(CC(=O)c3c(Cl)cncc3Cl)[C@H]3C[C@@H]4CC[C@H]3C4)c2C(F)(F)F)CC1. The van der Waals surface area contributed by atoms with Crippen molar-refractivity contribution in [1.29, 1.82) is 0 Å². The van der Waals surface area contributed by atoms with E-state index in [0.717, 1.165) is 30.1 Å². The molecule has 3 aliphatic rings. The summed E-state index contributed by atoms with van der Waals surface area (Å²) in [7, 11) is 0. The molecular formula is C27H29Cl2F3N4O4. The number of amides is 1. The fourth-order valence-corrected chi connectivity index (χ4v) is 7.35. The Morgan fingerprint density at radius 3 is 2.25 bits per heavy atom. The molecule has 2 aromatic rings. The van der Waals surface area contributed by atoms with Crippen LogP contribution in [0.3, 0.4) is 0 Å². The molecule has 1 amide bonds. The first-order valence-electron chi connectivity index (χ1n) is 13.3. The van der Waals surface area contributed by atoms with Gasteiger partial charge in [-0.3, -0.25) is 24.0 Å². The number of halogens is 5. The van der Waals surface area contributed by atoms with Crippen molar-refractivity contribution in [2.24, 2.45) is 17.3 Å². The lowest BCUT2D eigenvalue weighted by atomic mass is 9.74. The van der Waals surface area contributed by atoms with Crippen LogP contribution >= 0.6 is 23.2 Å². The van der Waals surface area contributed by atoms with E-state index in [0.29, 0.717) is 12.3 Å². The number of hydrogen-bond acceptors (Lipinski definition) is 5. The predicted molar refractivity (Wildman–Crippen MR) is 139 cm³/mol. The number of fused-ring (bicyclic) bond motifs is 2. The Labute approximate surface area is 238 Å². The highest BCUT2D eigenvalue weighted by Gasteiger charge is 2.48. The van der Waals surface area contributed by atoms with Crippen molar-refractivity contribution < 1.29 is 32.7 Å². The number of hydrogen-bond donors (Lipinski definition) is 1. The number of ketones is 1. The molecule has 0 saturated heterocycles. The highest BCUT2D eigenvalue weighted by Crippen LogP contribution is 2.48. The molecule has 0 radical (unpaired) electrons. The van der Waals surface area contributed by atoms with Gasteiger partial charge in [0.15, 0.2) is 11.5 Å². The van der Waals surface area contributed by atoms with Crippen LogP contribution in [0.1, 0.15) is 90.7 Å². The average Bonchev–Trinajstić information content (AvgIpc) is 3.63. The molecule has 5 rings (SSSR count). The summed E-state index contributed by atoms with van der Waals surface area (Å²) in [5.41, 5.74) is -2.85. The second kappa shape index (κ2) is 10.6. The lowest BCUT2D eigenvalue weighted by molar-refractivity contribution is -0.152. The summed E-state index contributed by atoms with van der Waals surface area (Å²) in [6, 6.07) is -1.11. The number of aliphatic carboxylic acids is 1. The zero-order valence-electron chi connectivity index (χ0n) is 21.8. The van der Waals surface area contributed by atoms with Crippen molar-refractivity contribution in [1.82, 2.24) is 19.7 Å². The molecular weight excluding hydrogens is 572 g/mol. The molecule has 1 N–H and O–H groups in total. The van der Waals surface area contributed by atoms with E-state index >= 15 is 0 Å². The Morgan fingerprint density at radius 2 is 1.73 bits per heavy atom. The minimum absolute atomic E-state index is 0.00713. The van der Waals surface area contributed by atoms with E-state index in [9.17, 15) is 32.7 Å². The van der Waals surface area contributed by atoms with Gasteiger partial charge in [-0.15, -0.1) is 0 Å². The molecule has 0 aromatic carbocycles. The van der Waals surface area contributed by atoms with Crippen molar-refractivity contribution in [3.8, 4) is 0 Å². The maximum atomic E-state index is 14.5. The van der Waals surface area contributed by atoms with Gasteiger partial charge in [0.25, 0.3) is 5.91 Å². The molecule has 3 fully saturated rings.